The number of hydrogen-bond donors (Lipinski definition) is 1. The van der Waals surface area contributed by atoms with E-state index in [2.05, 4.69) is 4.72 Å². The summed E-state index contributed by atoms with van der Waals surface area (Å²) in [7, 11) is -7.08. The van der Waals surface area contributed by atoms with E-state index in [9.17, 15) is 16.8 Å². The van der Waals surface area contributed by atoms with Crippen LogP contribution in [0.5, 0.6) is 0 Å². The standard InChI is InChI=1S/C14H15NO4S2/c1-11-3-5-12(6-4-11)15-21(18,19)14-9-7-13(8-10-14)20(2,16)17/h3-10,15H,1-2H3. The molecule has 0 unspecified atom stereocenters. The predicted molar refractivity (Wildman–Crippen MR) is 81.5 cm³/mol. The fraction of sp³-hybridized carbons (Fsp3) is 0.143. The molecule has 0 radical (unpaired) electrons. The van der Waals surface area contributed by atoms with E-state index < -0.39 is 19.9 Å². The van der Waals surface area contributed by atoms with Crippen molar-refractivity contribution in [2.75, 3.05) is 11.0 Å². The fourth-order valence-corrected chi connectivity index (χ4v) is 3.39. The quantitative estimate of drug-likeness (QED) is 0.934. The maximum Gasteiger partial charge on any atom is 0.261 e. The summed E-state index contributed by atoms with van der Waals surface area (Å²) in [6, 6.07) is 12.0. The van der Waals surface area contributed by atoms with E-state index in [1.807, 2.05) is 6.92 Å². The van der Waals surface area contributed by atoms with Crippen molar-refractivity contribution in [2.24, 2.45) is 0 Å². The fourth-order valence-electron chi connectivity index (χ4n) is 1.70. The van der Waals surface area contributed by atoms with Crippen molar-refractivity contribution < 1.29 is 16.8 Å². The summed E-state index contributed by atoms with van der Waals surface area (Å²) in [4.78, 5) is 0.0901. The number of sulfone groups is 1. The van der Waals surface area contributed by atoms with Gasteiger partial charge in [0.05, 0.1) is 9.79 Å². The molecule has 5 nitrogen and oxygen atoms in total. The van der Waals surface area contributed by atoms with Crippen molar-refractivity contribution in [1.29, 1.82) is 0 Å². The minimum Gasteiger partial charge on any atom is -0.280 e. The molecule has 0 saturated heterocycles. The lowest BCUT2D eigenvalue weighted by Gasteiger charge is -2.08. The van der Waals surface area contributed by atoms with Crippen LogP contribution in [-0.4, -0.2) is 23.1 Å². The van der Waals surface area contributed by atoms with Crippen molar-refractivity contribution >= 4 is 25.5 Å². The number of sulfonamides is 1. The Balaban J connectivity index is 2.29. The molecule has 0 fully saturated rings. The highest BCUT2D eigenvalue weighted by atomic mass is 32.2. The van der Waals surface area contributed by atoms with Crippen LogP contribution in [0.4, 0.5) is 5.69 Å². The molecule has 1 N–H and O–H groups in total. The van der Waals surface area contributed by atoms with Gasteiger partial charge in [-0.15, -0.1) is 0 Å². The molecule has 2 rings (SSSR count). The highest BCUT2D eigenvalue weighted by Crippen LogP contribution is 2.18. The topological polar surface area (TPSA) is 80.3 Å². The van der Waals surface area contributed by atoms with Crippen molar-refractivity contribution in [3.63, 3.8) is 0 Å². The van der Waals surface area contributed by atoms with Gasteiger partial charge in [-0.25, -0.2) is 16.8 Å². The summed E-state index contributed by atoms with van der Waals surface area (Å²) in [5.74, 6) is 0. The van der Waals surface area contributed by atoms with Crippen LogP contribution in [0, 0.1) is 6.92 Å². The number of rotatable bonds is 4. The number of anilines is 1. The van der Waals surface area contributed by atoms with Crippen LogP contribution in [0.3, 0.4) is 0 Å². The second kappa shape index (κ2) is 5.50. The molecule has 0 aliphatic rings. The normalized spacial score (nSPS) is 12.1. The van der Waals surface area contributed by atoms with Gasteiger partial charge < -0.3 is 0 Å². The van der Waals surface area contributed by atoms with E-state index >= 15 is 0 Å². The van der Waals surface area contributed by atoms with E-state index in [0.717, 1.165) is 11.8 Å². The maximum atomic E-state index is 12.2. The van der Waals surface area contributed by atoms with Gasteiger partial charge in [0.15, 0.2) is 9.84 Å². The van der Waals surface area contributed by atoms with Gasteiger partial charge >= 0.3 is 0 Å². The first-order valence-electron chi connectivity index (χ1n) is 6.08. The molecule has 112 valence electrons. The third-order valence-electron chi connectivity index (χ3n) is 2.87. The highest BCUT2D eigenvalue weighted by molar-refractivity contribution is 7.92. The average Bonchev–Trinajstić information content (AvgIpc) is 2.40. The molecule has 0 saturated carbocycles. The molecule has 2 aromatic carbocycles. The van der Waals surface area contributed by atoms with Crippen molar-refractivity contribution in [3.05, 3.63) is 54.1 Å². The minimum atomic E-state index is -3.73. The molecule has 0 aliphatic carbocycles. The van der Waals surface area contributed by atoms with Crippen LogP contribution in [0.25, 0.3) is 0 Å². The summed E-state index contributed by atoms with van der Waals surface area (Å²) in [6.45, 7) is 1.90. The second-order valence-electron chi connectivity index (χ2n) is 4.72. The van der Waals surface area contributed by atoms with Crippen LogP contribution in [0.1, 0.15) is 5.56 Å². The van der Waals surface area contributed by atoms with Crippen LogP contribution in [-0.2, 0) is 19.9 Å². The molecule has 0 aliphatic heterocycles. The minimum absolute atomic E-state index is 0.00970. The van der Waals surface area contributed by atoms with Gasteiger partial charge in [0.25, 0.3) is 10.0 Å². The molecular weight excluding hydrogens is 310 g/mol. The van der Waals surface area contributed by atoms with Crippen molar-refractivity contribution in [2.45, 2.75) is 16.7 Å². The van der Waals surface area contributed by atoms with Gasteiger partial charge in [-0.2, -0.15) is 0 Å². The van der Waals surface area contributed by atoms with Gasteiger partial charge in [0, 0.05) is 11.9 Å². The number of hydrogen-bond acceptors (Lipinski definition) is 4. The highest BCUT2D eigenvalue weighted by Gasteiger charge is 2.15. The first-order valence-corrected chi connectivity index (χ1v) is 9.45. The molecule has 0 amide bonds. The van der Waals surface area contributed by atoms with Gasteiger partial charge in [-0.1, -0.05) is 17.7 Å². The van der Waals surface area contributed by atoms with Crippen LogP contribution < -0.4 is 4.72 Å². The Hall–Kier alpha value is -1.86. The monoisotopic (exact) mass is 325 g/mol. The summed E-state index contributed by atoms with van der Waals surface area (Å²) in [6.07, 6.45) is 1.07. The molecule has 0 aromatic heterocycles. The van der Waals surface area contributed by atoms with Crippen LogP contribution >= 0.6 is 0 Å². The molecule has 7 heteroatoms. The zero-order valence-corrected chi connectivity index (χ0v) is 13.2. The van der Waals surface area contributed by atoms with Crippen molar-refractivity contribution in [3.8, 4) is 0 Å². The number of nitrogens with one attached hydrogen (secondary N) is 1. The summed E-state index contributed by atoms with van der Waals surface area (Å²) < 4.78 is 49.5. The van der Waals surface area contributed by atoms with Crippen molar-refractivity contribution in [1.82, 2.24) is 0 Å². The van der Waals surface area contributed by atoms with Gasteiger partial charge in [0.2, 0.25) is 0 Å². The van der Waals surface area contributed by atoms with E-state index in [-0.39, 0.29) is 9.79 Å². The lowest BCUT2D eigenvalue weighted by molar-refractivity contribution is 0.597. The number of benzene rings is 2. The molecule has 0 atom stereocenters. The first kappa shape index (κ1) is 15.5. The summed E-state index contributed by atoms with van der Waals surface area (Å²) in [5.41, 5.74) is 1.48. The van der Waals surface area contributed by atoms with Gasteiger partial charge in [-0.3, -0.25) is 4.72 Å². The van der Waals surface area contributed by atoms with E-state index in [1.54, 1.807) is 24.3 Å². The van der Waals surface area contributed by atoms with Crippen LogP contribution in [0.15, 0.2) is 58.3 Å². The Kier molecular flexibility index (Phi) is 4.06. The molecule has 2 aromatic rings. The maximum absolute atomic E-state index is 12.2. The zero-order chi connectivity index (χ0) is 15.7. The summed E-state index contributed by atoms with van der Waals surface area (Å²) in [5, 5.41) is 0. The molecule has 21 heavy (non-hydrogen) atoms. The third-order valence-corrected chi connectivity index (χ3v) is 5.39. The average molecular weight is 325 g/mol. The Labute approximate surface area is 124 Å². The Bertz CT molecular complexity index is 837. The van der Waals surface area contributed by atoms with E-state index in [4.69, 9.17) is 0 Å². The van der Waals surface area contributed by atoms with E-state index in [1.165, 1.54) is 24.3 Å². The lowest BCUT2D eigenvalue weighted by atomic mass is 10.2. The lowest BCUT2D eigenvalue weighted by Crippen LogP contribution is -2.13. The molecule has 0 bridgehead atoms. The molecular formula is C14H15NO4S2. The Morgan fingerprint density at radius 2 is 1.24 bits per heavy atom. The molecule has 0 spiro atoms. The summed E-state index contributed by atoms with van der Waals surface area (Å²) >= 11 is 0. The van der Waals surface area contributed by atoms with Gasteiger partial charge in [0.1, 0.15) is 0 Å². The Morgan fingerprint density at radius 1 is 0.762 bits per heavy atom. The van der Waals surface area contributed by atoms with E-state index in [0.29, 0.717) is 5.69 Å². The van der Waals surface area contributed by atoms with Crippen LogP contribution in [0.2, 0.25) is 0 Å². The zero-order valence-electron chi connectivity index (χ0n) is 11.6. The molecule has 0 heterocycles. The number of aryl methyl sites for hydroxylation is 1. The first-order chi connectivity index (χ1) is 9.68. The smallest absolute Gasteiger partial charge is 0.261 e. The second-order valence-corrected chi connectivity index (χ2v) is 8.41. The predicted octanol–water partition coefficient (Wildman–Crippen LogP) is 2.20. The largest absolute Gasteiger partial charge is 0.280 e. The van der Waals surface area contributed by atoms with Gasteiger partial charge in [-0.05, 0) is 43.3 Å². The SMILES string of the molecule is Cc1ccc(NS(=O)(=O)c2ccc(S(C)(=O)=O)cc2)cc1. The third kappa shape index (κ3) is 3.83. The Morgan fingerprint density at radius 3 is 1.71 bits per heavy atom.